The molecule has 2 N–H and O–H groups in total. The lowest BCUT2D eigenvalue weighted by molar-refractivity contribution is -0.143. The Hall–Kier alpha value is -2.76. The number of hydrogen-bond acceptors (Lipinski definition) is 4. The summed E-state index contributed by atoms with van der Waals surface area (Å²) in [4.78, 5) is 27.6. The monoisotopic (exact) mass is 332 g/mol. The normalized spacial score (nSPS) is 9.00. The van der Waals surface area contributed by atoms with E-state index in [9.17, 15) is 9.59 Å². The molecule has 0 spiro atoms. The molecule has 2 heterocycles. The fraction of sp³-hybridized carbons (Fsp3) is 0.333. The molecule has 0 bridgehead atoms. The average molecular weight is 332 g/mol. The van der Waals surface area contributed by atoms with Gasteiger partial charge in [0.15, 0.2) is 0 Å². The van der Waals surface area contributed by atoms with E-state index >= 15 is 0 Å². The number of rotatable bonds is 3. The second kappa shape index (κ2) is 11.8. The van der Waals surface area contributed by atoms with Gasteiger partial charge in [-0.3, -0.25) is 19.6 Å². The van der Waals surface area contributed by atoms with Gasteiger partial charge < -0.3 is 10.2 Å². The molecule has 0 saturated heterocycles. The molecule has 0 aromatic carbocycles. The van der Waals surface area contributed by atoms with Crippen LogP contribution in [0.2, 0.25) is 0 Å². The van der Waals surface area contributed by atoms with Gasteiger partial charge in [0.1, 0.15) is 0 Å². The lowest BCUT2D eigenvalue weighted by atomic mass is 10.3. The van der Waals surface area contributed by atoms with Crippen molar-refractivity contribution in [2.75, 3.05) is 0 Å². The molecule has 2 aromatic heterocycles. The highest BCUT2D eigenvalue weighted by atomic mass is 16.4. The van der Waals surface area contributed by atoms with Crippen LogP contribution >= 0.6 is 0 Å². The van der Waals surface area contributed by atoms with Crippen molar-refractivity contribution >= 4 is 11.9 Å². The molecule has 0 saturated carbocycles. The van der Waals surface area contributed by atoms with E-state index in [2.05, 4.69) is 9.97 Å². The summed E-state index contributed by atoms with van der Waals surface area (Å²) in [5, 5.41) is 15.8. The molecule has 6 nitrogen and oxygen atoms in total. The van der Waals surface area contributed by atoms with Gasteiger partial charge in [0.2, 0.25) is 0 Å². The quantitative estimate of drug-likeness (QED) is 0.894. The first-order chi connectivity index (χ1) is 11.2. The predicted molar refractivity (Wildman–Crippen MR) is 91.9 cm³/mol. The van der Waals surface area contributed by atoms with E-state index in [1.807, 2.05) is 64.1 Å². The standard InChI is InChI=1S/2C7H9N.C4H6O4/c2*1-6-4-3-5-7(2)8-6;5-3(6)1-2-4(7)8/h2*3-5H,1-2H3;1-2H2,(H,5,6)(H,7,8). The SMILES string of the molecule is Cc1cccc(C)n1.Cc1cccc(C)n1.O=C(O)CCC(=O)O. The third-order valence-corrected chi connectivity index (χ3v) is 2.61. The van der Waals surface area contributed by atoms with Crippen LogP contribution in [0.3, 0.4) is 0 Å². The Morgan fingerprint density at radius 2 is 0.958 bits per heavy atom. The third kappa shape index (κ3) is 12.9. The van der Waals surface area contributed by atoms with Crippen molar-refractivity contribution in [2.45, 2.75) is 40.5 Å². The summed E-state index contributed by atoms with van der Waals surface area (Å²) >= 11 is 0. The second-order valence-corrected chi connectivity index (χ2v) is 5.13. The van der Waals surface area contributed by atoms with E-state index in [4.69, 9.17) is 10.2 Å². The Morgan fingerprint density at radius 3 is 1.08 bits per heavy atom. The van der Waals surface area contributed by atoms with Gasteiger partial charge >= 0.3 is 11.9 Å². The number of aryl methyl sites for hydroxylation is 4. The van der Waals surface area contributed by atoms with Gasteiger partial charge in [-0.05, 0) is 52.0 Å². The Balaban J connectivity index is 0.000000331. The zero-order chi connectivity index (χ0) is 18.5. The van der Waals surface area contributed by atoms with Crippen LogP contribution in [0.1, 0.15) is 35.6 Å². The van der Waals surface area contributed by atoms with Crippen LogP contribution in [0.15, 0.2) is 36.4 Å². The Morgan fingerprint density at radius 1 is 0.708 bits per heavy atom. The van der Waals surface area contributed by atoms with E-state index in [1.165, 1.54) is 0 Å². The first-order valence-electron chi connectivity index (χ1n) is 7.45. The van der Waals surface area contributed by atoms with E-state index in [1.54, 1.807) is 0 Å². The van der Waals surface area contributed by atoms with Crippen molar-refractivity contribution in [2.24, 2.45) is 0 Å². The predicted octanol–water partition coefficient (Wildman–Crippen LogP) is 3.33. The summed E-state index contributed by atoms with van der Waals surface area (Å²) < 4.78 is 0. The van der Waals surface area contributed by atoms with E-state index in [0.29, 0.717) is 0 Å². The number of carboxylic acid groups (broad SMARTS) is 2. The maximum atomic E-state index is 9.64. The average Bonchev–Trinajstić information content (AvgIpc) is 2.46. The highest BCUT2D eigenvalue weighted by molar-refractivity contribution is 5.75. The van der Waals surface area contributed by atoms with E-state index in [0.717, 1.165) is 22.8 Å². The maximum absolute atomic E-state index is 9.64. The molecule has 2 rings (SSSR count). The molecule has 130 valence electrons. The minimum Gasteiger partial charge on any atom is -0.481 e. The van der Waals surface area contributed by atoms with Gasteiger partial charge in [-0.25, -0.2) is 0 Å². The maximum Gasteiger partial charge on any atom is 0.303 e. The van der Waals surface area contributed by atoms with Crippen LogP contribution in [0, 0.1) is 27.7 Å². The molecular weight excluding hydrogens is 308 g/mol. The zero-order valence-electron chi connectivity index (χ0n) is 14.5. The Labute approximate surface area is 142 Å². The van der Waals surface area contributed by atoms with Gasteiger partial charge in [-0.1, -0.05) is 12.1 Å². The largest absolute Gasteiger partial charge is 0.481 e. The van der Waals surface area contributed by atoms with Gasteiger partial charge in [-0.15, -0.1) is 0 Å². The minimum absolute atomic E-state index is 0.296. The van der Waals surface area contributed by atoms with Crippen molar-refractivity contribution in [1.82, 2.24) is 9.97 Å². The fourth-order valence-corrected chi connectivity index (χ4v) is 1.57. The summed E-state index contributed by atoms with van der Waals surface area (Å²) in [6.45, 7) is 7.97. The minimum atomic E-state index is -1.08. The topological polar surface area (TPSA) is 100 Å². The molecule has 24 heavy (non-hydrogen) atoms. The first-order valence-corrected chi connectivity index (χ1v) is 7.45. The van der Waals surface area contributed by atoms with Crippen LogP contribution in [-0.4, -0.2) is 32.1 Å². The summed E-state index contributed by atoms with van der Waals surface area (Å²) in [5.41, 5.74) is 4.35. The number of aromatic nitrogens is 2. The molecule has 0 aliphatic carbocycles. The molecule has 0 amide bonds. The zero-order valence-corrected chi connectivity index (χ0v) is 14.5. The smallest absolute Gasteiger partial charge is 0.303 e. The van der Waals surface area contributed by atoms with E-state index < -0.39 is 11.9 Å². The van der Waals surface area contributed by atoms with Crippen molar-refractivity contribution < 1.29 is 19.8 Å². The molecule has 6 heteroatoms. The lowest BCUT2D eigenvalue weighted by Gasteiger charge is -1.90. The van der Waals surface area contributed by atoms with Gasteiger partial charge in [0, 0.05) is 22.8 Å². The second-order valence-electron chi connectivity index (χ2n) is 5.13. The van der Waals surface area contributed by atoms with Crippen LogP contribution < -0.4 is 0 Å². The van der Waals surface area contributed by atoms with Crippen LogP contribution in [0.4, 0.5) is 0 Å². The van der Waals surface area contributed by atoms with Crippen LogP contribution in [-0.2, 0) is 9.59 Å². The van der Waals surface area contributed by atoms with Crippen molar-refractivity contribution in [3.8, 4) is 0 Å². The Kier molecular flexibility index (Phi) is 10.4. The first kappa shape index (κ1) is 21.2. The van der Waals surface area contributed by atoms with Gasteiger partial charge in [0.25, 0.3) is 0 Å². The number of carbonyl (C=O) groups is 2. The molecule has 0 aliphatic rings. The van der Waals surface area contributed by atoms with Crippen molar-refractivity contribution in [3.05, 3.63) is 59.2 Å². The highest BCUT2D eigenvalue weighted by Crippen LogP contribution is 1.94. The summed E-state index contributed by atoms with van der Waals surface area (Å²) in [7, 11) is 0. The number of pyridine rings is 2. The molecule has 2 aromatic rings. The van der Waals surface area contributed by atoms with Crippen LogP contribution in [0.25, 0.3) is 0 Å². The van der Waals surface area contributed by atoms with Gasteiger partial charge in [-0.2, -0.15) is 0 Å². The lowest BCUT2D eigenvalue weighted by Crippen LogP contribution is -2.00. The highest BCUT2D eigenvalue weighted by Gasteiger charge is 2.00. The Bertz CT molecular complexity index is 565. The molecule has 0 radical (unpaired) electrons. The van der Waals surface area contributed by atoms with E-state index in [-0.39, 0.29) is 12.8 Å². The number of hydrogen-bond donors (Lipinski definition) is 2. The number of nitrogens with zero attached hydrogens (tertiary/aromatic N) is 2. The van der Waals surface area contributed by atoms with Crippen molar-refractivity contribution in [1.29, 1.82) is 0 Å². The summed E-state index contributed by atoms with van der Waals surface area (Å²) in [6.07, 6.45) is -0.593. The van der Waals surface area contributed by atoms with Crippen LogP contribution in [0.5, 0.6) is 0 Å². The molecule has 0 atom stereocenters. The molecular formula is C18H24N2O4. The molecule has 0 aliphatic heterocycles. The van der Waals surface area contributed by atoms with Crippen molar-refractivity contribution in [3.63, 3.8) is 0 Å². The fourth-order valence-electron chi connectivity index (χ4n) is 1.57. The van der Waals surface area contributed by atoms with Gasteiger partial charge in [0.05, 0.1) is 12.8 Å². The molecule has 0 unspecified atom stereocenters. The molecule has 0 fully saturated rings. The third-order valence-electron chi connectivity index (χ3n) is 2.61. The summed E-state index contributed by atoms with van der Waals surface area (Å²) in [5.74, 6) is -2.15. The number of carboxylic acids is 2. The summed E-state index contributed by atoms with van der Waals surface area (Å²) in [6, 6.07) is 12.0. The number of aliphatic carboxylic acids is 2.